The Bertz CT molecular complexity index is 681. The van der Waals surface area contributed by atoms with Gasteiger partial charge in [-0.05, 0) is 25.8 Å². The second-order valence-electron chi connectivity index (χ2n) is 10.2. The van der Waals surface area contributed by atoms with Crippen LogP contribution in [0, 0.1) is 0 Å². The molecule has 1 heterocycles. The molecule has 1 atom stereocenters. The number of aromatic nitrogens is 2. The third kappa shape index (κ3) is 21.6. The predicted molar refractivity (Wildman–Crippen MR) is 149 cm³/mol. The molecule has 0 aliphatic rings. The van der Waals surface area contributed by atoms with E-state index in [-0.39, 0.29) is 11.9 Å². The van der Waals surface area contributed by atoms with Gasteiger partial charge in [0.05, 0.1) is 12.4 Å². The van der Waals surface area contributed by atoms with E-state index >= 15 is 0 Å². The molecule has 0 saturated heterocycles. The molecule has 0 fully saturated rings. The number of hydrogen-bond donors (Lipinski definition) is 4. The summed E-state index contributed by atoms with van der Waals surface area (Å²) in [6.07, 6.45) is 26.0. The first-order valence-electron chi connectivity index (χ1n) is 14.8. The van der Waals surface area contributed by atoms with Gasteiger partial charge in [-0.2, -0.15) is 0 Å². The fourth-order valence-electron chi connectivity index (χ4n) is 4.53. The second-order valence-corrected chi connectivity index (χ2v) is 10.2. The summed E-state index contributed by atoms with van der Waals surface area (Å²) >= 11 is 0. The van der Waals surface area contributed by atoms with E-state index in [4.69, 9.17) is 5.11 Å². The van der Waals surface area contributed by atoms with Crippen LogP contribution in [0.25, 0.3) is 0 Å². The molecule has 1 unspecified atom stereocenters. The summed E-state index contributed by atoms with van der Waals surface area (Å²) < 4.78 is 0. The Morgan fingerprint density at radius 1 is 0.784 bits per heavy atom. The number of amides is 1. The van der Waals surface area contributed by atoms with E-state index in [1.54, 1.807) is 12.5 Å². The third-order valence-corrected chi connectivity index (χ3v) is 6.79. The summed E-state index contributed by atoms with van der Waals surface area (Å²) in [5.41, 5.74) is 0.931. The zero-order valence-corrected chi connectivity index (χ0v) is 23.0. The Morgan fingerprint density at radius 3 is 1.76 bits per heavy atom. The average Bonchev–Trinajstić information content (AvgIpc) is 3.40. The van der Waals surface area contributed by atoms with Gasteiger partial charge in [0.15, 0.2) is 0 Å². The van der Waals surface area contributed by atoms with Crippen LogP contribution >= 0.6 is 0 Å². The summed E-state index contributed by atoms with van der Waals surface area (Å²) in [5.74, 6) is -0.548. The van der Waals surface area contributed by atoms with Crippen LogP contribution < -0.4 is 10.6 Å². The molecule has 1 aromatic rings. The number of nitrogens with zero attached hydrogens (tertiary/aromatic N) is 1. The molecule has 37 heavy (non-hydrogen) atoms. The molecule has 0 saturated carbocycles. The maximum absolute atomic E-state index is 12.0. The Hall–Kier alpha value is -2.22. The zero-order valence-electron chi connectivity index (χ0n) is 23.0. The van der Waals surface area contributed by atoms with E-state index < -0.39 is 5.97 Å². The number of aldehydes is 1. The summed E-state index contributed by atoms with van der Waals surface area (Å²) in [6, 6.07) is -0.235. The van der Waals surface area contributed by atoms with E-state index in [9.17, 15) is 14.4 Å². The molecule has 8 nitrogen and oxygen atoms in total. The summed E-state index contributed by atoms with van der Waals surface area (Å²) in [7, 11) is 0. The van der Waals surface area contributed by atoms with Gasteiger partial charge in [-0.1, -0.05) is 89.9 Å². The highest BCUT2D eigenvalue weighted by Gasteiger charge is 2.08. The van der Waals surface area contributed by atoms with Crippen LogP contribution in [0.3, 0.4) is 0 Å². The number of imidazole rings is 1. The van der Waals surface area contributed by atoms with Crippen molar-refractivity contribution in [2.24, 2.45) is 0 Å². The van der Waals surface area contributed by atoms with Crippen LogP contribution in [-0.2, 0) is 20.8 Å². The summed E-state index contributed by atoms with van der Waals surface area (Å²) in [5, 5.41) is 14.8. The highest BCUT2D eigenvalue weighted by Crippen LogP contribution is 2.14. The molecule has 0 aliphatic heterocycles. The number of carboxylic acids is 1. The van der Waals surface area contributed by atoms with Gasteiger partial charge in [0.2, 0.25) is 5.91 Å². The molecule has 0 aliphatic carbocycles. The van der Waals surface area contributed by atoms with Crippen LogP contribution in [0.1, 0.15) is 128 Å². The fraction of sp³-hybridized carbons (Fsp3) is 0.793. The molecule has 0 bridgehead atoms. The van der Waals surface area contributed by atoms with Crippen molar-refractivity contribution >= 4 is 18.2 Å². The number of nitrogens with one attached hydrogen (secondary N) is 3. The molecule has 212 valence electrons. The van der Waals surface area contributed by atoms with Gasteiger partial charge >= 0.3 is 5.97 Å². The van der Waals surface area contributed by atoms with Crippen molar-refractivity contribution in [2.75, 3.05) is 13.1 Å². The first-order valence-corrected chi connectivity index (χ1v) is 14.8. The van der Waals surface area contributed by atoms with Gasteiger partial charge in [-0.3, -0.25) is 9.59 Å². The van der Waals surface area contributed by atoms with E-state index in [0.29, 0.717) is 32.4 Å². The molecule has 1 amide bonds. The van der Waals surface area contributed by atoms with E-state index in [0.717, 1.165) is 44.1 Å². The maximum Gasteiger partial charge on any atom is 0.303 e. The van der Waals surface area contributed by atoms with E-state index in [1.165, 1.54) is 77.0 Å². The van der Waals surface area contributed by atoms with Gasteiger partial charge in [-0.15, -0.1) is 0 Å². The van der Waals surface area contributed by atoms with Crippen LogP contribution in [0.2, 0.25) is 0 Å². The van der Waals surface area contributed by atoms with Gasteiger partial charge in [0.25, 0.3) is 0 Å². The van der Waals surface area contributed by atoms with Crippen molar-refractivity contribution in [3.8, 4) is 0 Å². The van der Waals surface area contributed by atoms with Crippen molar-refractivity contribution < 1.29 is 19.5 Å². The molecular weight excluding hydrogens is 468 g/mol. The van der Waals surface area contributed by atoms with Crippen LogP contribution in [0.15, 0.2) is 12.5 Å². The number of carbonyl (C=O) groups is 3. The number of unbranched alkanes of at least 4 members (excludes halogenated alkanes) is 15. The predicted octanol–water partition coefficient (Wildman–Crippen LogP) is 5.72. The van der Waals surface area contributed by atoms with E-state index in [1.807, 2.05) is 0 Å². The topological polar surface area (TPSA) is 124 Å². The largest absolute Gasteiger partial charge is 0.481 e. The SMILES string of the molecule is O=CC(Cc1cnc[nH]1)NCCCNC(=O)CCCCCCCCCCCCCCCCCCC(=O)O. The van der Waals surface area contributed by atoms with Crippen molar-refractivity contribution in [1.29, 1.82) is 0 Å². The molecule has 8 heteroatoms. The number of aromatic amines is 1. The number of H-pyrrole nitrogens is 1. The van der Waals surface area contributed by atoms with Crippen molar-refractivity contribution in [2.45, 2.75) is 134 Å². The molecule has 1 aromatic heterocycles. The Kier molecular flexibility index (Phi) is 21.4. The Labute approximate surface area is 224 Å². The quantitative estimate of drug-likeness (QED) is 0.0868. The molecular formula is C29H52N4O4. The minimum absolute atomic E-state index is 0.127. The van der Waals surface area contributed by atoms with Crippen molar-refractivity contribution in [3.05, 3.63) is 18.2 Å². The number of aliphatic carboxylic acids is 1. The van der Waals surface area contributed by atoms with Crippen LogP contribution in [0.4, 0.5) is 0 Å². The summed E-state index contributed by atoms with van der Waals surface area (Å²) in [4.78, 5) is 40.6. The highest BCUT2D eigenvalue weighted by atomic mass is 16.4. The standard InChI is InChI=1S/C29H52N4O4/c34-24-27(22-26-23-30-25-33-26)31-20-17-21-32-28(35)18-15-13-11-9-7-5-3-1-2-4-6-8-10-12-14-16-19-29(36)37/h23-25,27,31H,1-22H2,(H,30,33)(H,32,35)(H,36,37). The van der Waals surface area contributed by atoms with Gasteiger partial charge in [0, 0.05) is 37.7 Å². The minimum Gasteiger partial charge on any atom is -0.481 e. The molecule has 4 N–H and O–H groups in total. The van der Waals surface area contributed by atoms with Crippen LogP contribution in [0.5, 0.6) is 0 Å². The van der Waals surface area contributed by atoms with Gasteiger partial charge < -0.3 is 25.5 Å². The number of carbonyl (C=O) groups excluding carboxylic acids is 2. The first-order chi connectivity index (χ1) is 18.1. The third-order valence-electron chi connectivity index (χ3n) is 6.79. The lowest BCUT2D eigenvalue weighted by molar-refractivity contribution is -0.137. The van der Waals surface area contributed by atoms with Crippen molar-refractivity contribution in [3.63, 3.8) is 0 Å². The molecule has 0 spiro atoms. The maximum atomic E-state index is 12.0. The lowest BCUT2D eigenvalue weighted by Gasteiger charge is -2.12. The Balaban J connectivity index is 1.76. The fourth-order valence-corrected chi connectivity index (χ4v) is 4.53. The molecule has 0 radical (unpaired) electrons. The number of rotatable bonds is 27. The lowest BCUT2D eigenvalue weighted by Crippen LogP contribution is -2.35. The molecule has 0 aromatic carbocycles. The average molecular weight is 521 g/mol. The number of carboxylic acid groups (broad SMARTS) is 1. The van der Waals surface area contributed by atoms with Gasteiger partial charge in [-0.25, -0.2) is 4.98 Å². The summed E-state index contributed by atoms with van der Waals surface area (Å²) in [6.45, 7) is 1.32. The lowest BCUT2D eigenvalue weighted by atomic mass is 10.0. The normalized spacial score (nSPS) is 11.9. The van der Waals surface area contributed by atoms with Crippen LogP contribution in [-0.4, -0.2) is 52.4 Å². The second kappa shape index (κ2) is 24.1. The van der Waals surface area contributed by atoms with Crippen molar-refractivity contribution in [1.82, 2.24) is 20.6 Å². The number of hydrogen-bond acceptors (Lipinski definition) is 5. The first kappa shape index (κ1) is 32.8. The zero-order chi connectivity index (χ0) is 26.8. The smallest absolute Gasteiger partial charge is 0.303 e. The Morgan fingerprint density at radius 2 is 1.30 bits per heavy atom. The highest BCUT2D eigenvalue weighted by molar-refractivity contribution is 5.75. The monoisotopic (exact) mass is 520 g/mol. The van der Waals surface area contributed by atoms with Gasteiger partial charge in [0.1, 0.15) is 6.29 Å². The van der Waals surface area contributed by atoms with E-state index in [2.05, 4.69) is 20.6 Å². The minimum atomic E-state index is -0.675. The molecule has 1 rings (SSSR count).